The van der Waals surface area contributed by atoms with Crippen molar-refractivity contribution < 1.29 is 4.79 Å². The lowest BCUT2D eigenvalue weighted by molar-refractivity contribution is -0.133. The summed E-state index contributed by atoms with van der Waals surface area (Å²) >= 11 is 6.07. The lowest BCUT2D eigenvalue weighted by Crippen LogP contribution is -2.51. The highest BCUT2D eigenvalue weighted by molar-refractivity contribution is 6.30. The summed E-state index contributed by atoms with van der Waals surface area (Å²) in [6.45, 7) is 9.12. The summed E-state index contributed by atoms with van der Waals surface area (Å²) in [5.74, 6) is 1.42. The Balaban J connectivity index is 0.00000193. The fourth-order valence-corrected chi connectivity index (χ4v) is 4.93. The molecule has 1 aromatic carbocycles. The lowest BCUT2D eigenvalue weighted by Gasteiger charge is -2.38. The van der Waals surface area contributed by atoms with Crippen molar-refractivity contribution in [2.45, 2.75) is 57.4 Å². The van der Waals surface area contributed by atoms with Crippen molar-refractivity contribution in [1.82, 2.24) is 14.9 Å². The van der Waals surface area contributed by atoms with Crippen LogP contribution in [0.1, 0.15) is 62.3 Å². The summed E-state index contributed by atoms with van der Waals surface area (Å²) in [6, 6.07) is 7.57. The molecule has 1 fully saturated rings. The molecule has 2 heterocycles. The maximum atomic E-state index is 13.5. The predicted molar refractivity (Wildman–Crippen MR) is 139 cm³/mol. The number of rotatable bonds is 5. The summed E-state index contributed by atoms with van der Waals surface area (Å²) < 4.78 is 0. The van der Waals surface area contributed by atoms with Crippen LogP contribution in [-0.4, -0.2) is 52.5 Å². The van der Waals surface area contributed by atoms with Crippen LogP contribution in [0.15, 0.2) is 30.6 Å². The van der Waals surface area contributed by atoms with E-state index < -0.39 is 5.54 Å². The molecular formula is C24H34Cl3N5O. The Bertz CT molecular complexity index is 940. The average molecular weight is 515 g/mol. The van der Waals surface area contributed by atoms with Crippen molar-refractivity contribution in [1.29, 1.82) is 0 Å². The summed E-state index contributed by atoms with van der Waals surface area (Å²) in [4.78, 5) is 26.9. The van der Waals surface area contributed by atoms with Gasteiger partial charge in [-0.05, 0) is 56.7 Å². The van der Waals surface area contributed by atoms with Gasteiger partial charge in [0.2, 0.25) is 5.91 Å². The van der Waals surface area contributed by atoms with Crippen molar-refractivity contribution in [2.24, 2.45) is 5.73 Å². The highest BCUT2D eigenvalue weighted by Gasteiger charge is 2.33. The first-order valence-electron chi connectivity index (χ1n) is 11.1. The number of hydrogen-bond donors (Lipinski definition) is 1. The van der Waals surface area contributed by atoms with E-state index >= 15 is 0 Å². The molecule has 2 atom stereocenters. The first kappa shape index (κ1) is 27.6. The SMILES string of the molecule is C[C@@H]1CCc2ncnc(N3CCN(C(=O)[C@H](CC(C)(C)N)c4ccc(Cl)cc4)CC3)c21.Cl.Cl. The third-order valence-corrected chi connectivity index (χ3v) is 6.70. The van der Waals surface area contributed by atoms with Gasteiger partial charge in [-0.15, -0.1) is 24.8 Å². The third kappa shape index (κ3) is 6.30. The van der Waals surface area contributed by atoms with E-state index in [4.69, 9.17) is 17.3 Å². The number of carbonyl (C=O) groups is 1. The summed E-state index contributed by atoms with van der Waals surface area (Å²) in [5, 5.41) is 0.669. The van der Waals surface area contributed by atoms with Gasteiger partial charge in [-0.3, -0.25) is 4.79 Å². The van der Waals surface area contributed by atoms with Crippen LogP contribution in [0.5, 0.6) is 0 Å². The number of fused-ring (bicyclic) bond motifs is 1. The van der Waals surface area contributed by atoms with E-state index in [1.54, 1.807) is 6.33 Å². The maximum absolute atomic E-state index is 13.5. The Hall–Kier alpha value is -1.60. The Morgan fingerprint density at radius 2 is 1.79 bits per heavy atom. The normalized spacial score (nSPS) is 18.8. The Kier molecular flexibility index (Phi) is 9.40. The van der Waals surface area contributed by atoms with Crippen LogP contribution < -0.4 is 10.6 Å². The zero-order valence-corrected chi connectivity index (χ0v) is 21.8. The molecule has 1 aliphatic heterocycles. The van der Waals surface area contributed by atoms with E-state index in [0.717, 1.165) is 37.3 Å². The molecule has 4 rings (SSSR count). The number of aryl methyl sites for hydroxylation is 1. The van der Waals surface area contributed by atoms with Crippen LogP contribution in [0.2, 0.25) is 5.02 Å². The molecule has 2 aromatic rings. The summed E-state index contributed by atoms with van der Waals surface area (Å²) in [6.07, 6.45) is 4.44. The third-order valence-electron chi connectivity index (χ3n) is 6.44. The molecule has 1 aliphatic carbocycles. The van der Waals surface area contributed by atoms with Crippen molar-refractivity contribution in [2.75, 3.05) is 31.1 Å². The fraction of sp³-hybridized carbons (Fsp3) is 0.542. The van der Waals surface area contributed by atoms with Gasteiger partial charge >= 0.3 is 0 Å². The van der Waals surface area contributed by atoms with Gasteiger partial charge in [0, 0.05) is 48.0 Å². The predicted octanol–water partition coefficient (Wildman–Crippen LogP) is 4.58. The van der Waals surface area contributed by atoms with Gasteiger partial charge in [0.15, 0.2) is 0 Å². The smallest absolute Gasteiger partial charge is 0.230 e. The average Bonchev–Trinajstić information content (AvgIpc) is 3.13. The quantitative estimate of drug-likeness (QED) is 0.632. The highest BCUT2D eigenvalue weighted by Crippen LogP contribution is 2.37. The van der Waals surface area contributed by atoms with Gasteiger partial charge in [0.05, 0.1) is 5.92 Å². The largest absolute Gasteiger partial charge is 0.353 e. The molecule has 6 nitrogen and oxygen atoms in total. The number of piperazine rings is 1. The van der Waals surface area contributed by atoms with E-state index in [9.17, 15) is 4.79 Å². The standard InChI is InChI=1S/C24H32ClN5O.2ClH/c1-16-4-9-20-21(16)22(28-15-27-20)29-10-12-30(13-11-29)23(31)19(14-24(2,3)26)17-5-7-18(25)8-6-17;;/h5-8,15-16,19H,4,9-14,26H2,1-3H3;2*1H/t16-,19-;;/m1../s1. The minimum atomic E-state index is -0.445. The fourth-order valence-electron chi connectivity index (χ4n) is 4.80. The first-order valence-corrected chi connectivity index (χ1v) is 11.5. The molecule has 0 unspecified atom stereocenters. The maximum Gasteiger partial charge on any atom is 0.230 e. The molecule has 182 valence electrons. The molecule has 2 N–H and O–H groups in total. The van der Waals surface area contributed by atoms with Crippen molar-refractivity contribution >= 4 is 48.1 Å². The van der Waals surface area contributed by atoms with Crippen LogP contribution in [0.25, 0.3) is 0 Å². The number of benzene rings is 1. The molecular weight excluding hydrogens is 481 g/mol. The monoisotopic (exact) mass is 513 g/mol. The number of halogens is 3. The minimum absolute atomic E-state index is 0. The molecule has 1 aromatic heterocycles. The number of amides is 1. The number of aromatic nitrogens is 2. The van der Waals surface area contributed by atoms with Gasteiger partial charge in [0.1, 0.15) is 12.1 Å². The zero-order valence-electron chi connectivity index (χ0n) is 19.5. The number of nitrogens with zero attached hydrogens (tertiary/aromatic N) is 4. The second-order valence-corrected chi connectivity index (χ2v) is 10.0. The van der Waals surface area contributed by atoms with E-state index in [-0.39, 0.29) is 36.6 Å². The van der Waals surface area contributed by atoms with Gasteiger partial charge in [-0.2, -0.15) is 0 Å². The van der Waals surface area contributed by atoms with E-state index in [1.807, 2.05) is 43.0 Å². The lowest BCUT2D eigenvalue weighted by atomic mass is 9.85. The van der Waals surface area contributed by atoms with E-state index in [2.05, 4.69) is 21.8 Å². The summed E-state index contributed by atoms with van der Waals surface area (Å²) in [5.41, 5.74) is 9.32. The molecule has 0 radical (unpaired) electrons. The van der Waals surface area contributed by atoms with Crippen LogP contribution >= 0.6 is 36.4 Å². The number of hydrogen-bond acceptors (Lipinski definition) is 5. The Labute approximate surface area is 214 Å². The van der Waals surface area contributed by atoms with Gasteiger partial charge in [0.25, 0.3) is 0 Å². The first-order chi connectivity index (χ1) is 14.7. The zero-order chi connectivity index (χ0) is 22.2. The molecule has 0 bridgehead atoms. The number of anilines is 1. The molecule has 2 aliphatic rings. The second-order valence-electron chi connectivity index (χ2n) is 9.61. The van der Waals surface area contributed by atoms with Crippen LogP contribution in [-0.2, 0) is 11.2 Å². The molecule has 1 saturated heterocycles. The van der Waals surface area contributed by atoms with E-state index in [0.29, 0.717) is 30.5 Å². The van der Waals surface area contributed by atoms with Crippen LogP contribution in [0.3, 0.4) is 0 Å². The van der Waals surface area contributed by atoms with Crippen molar-refractivity contribution in [3.05, 3.63) is 52.4 Å². The van der Waals surface area contributed by atoms with Crippen LogP contribution in [0, 0.1) is 0 Å². The summed E-state index contributed by atoms with van der Waals surface area (Å²) in [7, 11) is 0. The Morgan fingerprint density at radius 3 is 2.39 bits per heavy atom. The van der Waals surface area contributed by atoms with Crippen molar-refractivity contribution in [3.63, 3.8) is 0 Å². The Morgan fingerprint density at radius 1 is 1.15 bits per heavy atom. The molecule has 1 amide bonds. The van der Waals surface area contributed by atoms with Gasteiger partial charge < -0.3 is 15.5 Å². The van der Waals surface area contributed by atoms with Gasteiger partial charge in [-0.25, -0.2) is 9.97 Å². The molecule has 33 heavy (non-hydrogen) atoms. The van der Waals surface area contributed by atoms with Crippen LogP contribution in [0.4, 0.5) is 5.82 Å². The molecule has 0 saturated carbocycles. The molecule has 9 heteroatoms. The van der Waals surface area contributed by atoms with E-state index in [1.165, 1.54) is 11.3 Å². The minimum Gasteiger partial charge on any atom is -0.353 e. The number of carbonyl (C=O) groups excluding carboxylic acids is 1. The molecule has 0 spiro atoms. The second kappa shape index (κ2) is 11.2. The number of nitrogens with two attached hydrogens (primary N) is 1. The highest BCUT2D eigenvalue weighted by atomic mass is 35.5. The van der Waals surface area contributed by atoms with Gasteiger partial charge in [-0.1, -0.05) is 30.7 Å². The topological polar surface area (TPSA) is 75.4 Å². The van der Waals surface area contributed by atoms with Crippen molar-refractivity contribution in [3.8, 4) is 0 Å².